The van der Waals surface area contributed by atoms with Crippen LogP contribution in [-0.4, -0.2) is 23.7 Å². The molecule has 0 heterocycles. The molecule has 5 nitrogen and oxygen atoms in total. The molecule has 0 radical (unpaired) electrons. The zero-order chi connectivity index (χ0) is 14.3. The third kappa shape index (κ3) is 5.37. The average molecular weight is 268 g/mol. The van der Waals surface area contributed by atoms with E-state index in [-0.39, 0.29) is 18.9 Å². The normalized spacial score (nSPS) is 11.7. The van der Waals surface area contributed by atoms with Gasteiger partial charge in [-0.3, -0.25) is 4.79 Å². The van der Waals surface area contributed by atoms with Gasteiger partial charge in [-0.25, -0.2) is 9.18 Å². The first-order chi connectivity index (χ1) is 9.02. The molecule has 0 saturated heterocycles. The van der Waals surface area contributed by atoms with Gasteiger partial charge in [0.05, 0.1) is 5.92 Å². The summed E-state index contributed by atoms with van der Waals surface area (Å²) < 4.78 is 12.9. The summed E-state index contributed by atoms with van der Waals surface area (Å²) in [5, 5.41) is 13.8. The number of benzene rings is 1. The van der Waals surface area contributed by atoms with Crippen LogP contribution in [0.1, 0.15) is 18.9 Å². The molecule has 1 atom stereocenters. The highest BCUT2D eigenvalue weighted by Gasteiger charge is 2.15. The highest BCUT2D eigenvalue weighted by molar-refractivity contribution is 5.75. The summed E-state index contributed by atoms with van der Waals surface area (Å²) in [7, 11) is 0. The molecule has 0 fully saturated rings. The Balaban J connectivity index is 2.34. The quantitative estimate of drug-likeness (QED) is 0.735. The molecule has 0 aliphatic rings. The van der Waals surface area contributed by atoms with Crippen molar-refractivity contribution in [2.75, 3.05) is 6.54 Å². The Labute approximate surface area is 110 Å². The van der Waals surface area contributed by atoms with Crippen molar-refractivity contribution in [2.45, 2.75) is 19.9 Å². The summed E-state index contributed by atoms with van der Waals surface area (Å²) in [6.07, 6.45) is 0.444. The molecule has 0 spiro atoms. The van der Waals surface area contributed by atoms with Crippen molar-refractivity contribution < 1.29 is 19.1 Å². The van der Waals surface area contributed by atoms with E-state index in [1.807, 2.05) is 0 Å². The zero-order valence-corrected chi connectivity index (χ0v) is 10.6. The summed E-state index contributed by atoms with van der Waals surface area (Å²) >= 11 is 0. The number of carbonyl (C=O) groups excluding carboxylic acids is 1. The van der Waals surface area contributed by atoms with Crippen LogP contribution in [0.4, 0.5) is 9.18 Å². The van der Waals surface area contributed by atoms with Crippen molar-refractivity contribution in [1.82, 2.24) is 10.6 Å². The van der Waals surface area contributed by atoms with Crippen LogP contribution in [0, 0.1) is 11.7 Å². The lowest BCUT2D eigenvalue weighted by molar-refractivity contribution is -0.141. The molecule has 6 heteroatoms. The van der Waals surface area contributed by atoms with Gasteiger partial charge in [-0.2, -0.15) is 0 Å². The van der Waals surface area contributed by atoms with Gasteiger partial charge >= 0.3 is 12.0 Å². The van der Waals surface area contributed by atoms with E-state index >= 15 is 0 Å². The lowest BCUT2D eigenvalue weighted by Gasteiger charge is -2.12. The first-order valence-electron chi connectivity index (χ1n) is 6.02. The standard InChI is InChI=1S/C13H17FN2O3/c1-2-10(12(17)18)8-16-13(19)15-7-9-4-3-5-11(14)6-9/h3-6,10H,2,7-8H2,1H3,(H,17,18)(H2,15,16,19). The van der Waals surface area contributed by atoms with Crippen LogP contribution in [0.15, 0.2) is 24.3 Å². The minimum Gasteiger partial charge on any atom is -0.481 e. The number of carboxylic acids is 1. The fraction of sp³-hybridized carbons (Fsp3) is 0.385. The van der Waals surface area contributed by atoms with Gasteiger partial charge in [-0.1, -0.05) is 19.1 Å². The van der Waals surface area contributed by atoms with Crippen LogP contribution in [0.5, 0.6) is 0 Å². The van der Waals surface area contributed by atoms with Crippen LogP contribution in [-0.2, 0) is 11.3 Å². The van der Waals surface area contributed by atoms with Gasteiger partial charge in [-0.15, -0.1) is 0 Å². The van der Waals surface area contributed by atoms with Gasteiger partial charge < -0.3 is 15.7 Å². The highest BCUT2D eigenvalue weighted by atomic mass is 19.1. The number of halogens is 1. The molecule has 1 aromatic carbocycles. The first kappa shape index (κ1) is 14.9. The molecule has 1 unspecified atom stereocenters. The van der Waals surface area contributed by atoms with Gasteiger partial charge in [0.15, 0.2) is 0 Å². The highest BCUT2D eigenvalue weighted by Crippen LogP contribution is 2.03. The van der Waals surface area contributed by atoms with Gasteiger partial charge in [0.1, 0.15) is 5.82 Å². The molecular formula is C13H17FN2O3. The fourth-order valence-corrected chi connectivity index (χ4v) is 1.51. The van der Waals surface area contributed by atoms with E-state index < -0.39 is 17.9 Å². The second kappa shape index (κ2) is 7.35. The maximum Gasteiger partial charge on any atom is 0.315 e. The Morgan fingerprint density at radius 1 is 1.37 bits per heavy atom. The molecule has 2 amide bonds. The van der Waals surface area contributed by atoms with Crippen LogP contribution in [0.3, 0.4) is 0 Å². The molecule has 1 rings (SSSR count). The number of rotatable bonds is 6. The number of carbonyl (C=O) groups is 2. The molecule has 0 aliphatic carbocycles. The maximum atomic E-state index is 12.9. The molecule has 0 bridgehead atoms. The van der Waals surface area contributed by atoms with E-state index in [1.165, 1.54) is 12.1 Å². The SMILES string of the molecule is CCC(CNC(=O)NCc1cccc(F)c1)C(=O)O. The van der Waals surface area contributed by atoms with E-state index in [9.17, 15) is 14.0 Å². The fourth-order valence-electron chi connectivity index (χ4n) is 1.51. The molecular weight excluding hydrogens is 251 g/mol. The Hall–Kier alpha value is -2.11. The van der Waals surface area contributed by atoms with Crippen molar-refractivity contribution >= 4 is 12.0 Å². The van der Waals surface area contributed by atoms with Crippen molar-refractivity contribution in [3.8, 4) is 0 Å². The summed E-state index contributed by atoms with van der Waals surface area (Å²) in [4.78, 5) is 22.2. The largest absolute Gasteiger partial charge is 0.481 e. The number of nitrogens with one attached hydrogen (secondary N) is 2. The Morgan fingerprint density at radius 3 is 2.68 bits per heavy atom. The van der Waals surface area contributed by atoms with E-state index in [2.05, 4.69) is 10.6 Å². The third-order valence-corrected chi connectivity index (χ3v) is 2.69. The summed E-state index contributed by atoms with van der Waals surface area (Å²) in [6.45, 7) is 2.00. The number of hydrogen-bond donors (Lipinski definition) is 3. The van der Waals surface area contributed by atoms with Gasteiger partial charge in [0.2, 0.25) is 0 Å². The molecule has 0 aromatic heterocycles. The minimum atomic E-state index is -0.937. The molecule has 1 aromatic rings. The van der Waals surface area contributed by atoms with Crippen LogP contribution in [0.25, 0.3) is 0 Å². The third-order valence-electron chi connectivity index (χ3n) is 2.69. The number of urea groups is 1. The topological polar surface area (TPSA) is 78.4 Å². The van der Waals surface area contributed by atoms with E-state index in [0.29, 0.717) is 12.0 Å². The number of hydrogen-bond acceptors (Lipinski definition) is 2. The molecule has 3 N–H and O–H groups in total. The van der Waals surface area contributed by atoms with E-state index in [0.717, 1.165) is 0 Å². The Bertz CT molecular complexity index is 451. The van der Waals surface area contributed by atoms with E-state index in [4.69, 9.17) is 5.11 Å². The zero-order valence-electron chi connectivity index (χ0n) is 10.6. The van der Waals surface area contributed by atoms with E-state index in [1.54, 1.807) is 19.1 Å². The monoisotopic (exact) mass is 268 g/mol. The summed E-state index contributed by atoms with van der Waals surface area (Å²) in [6, 6.07) is 5.43. The predicted octanol–water partition coefficient (Wildman–Crippen LogP) is 1.74. The minimum absolute atomic E-state index is 0.0703. The predicted molar refractivity (Wildman–Crippen MR) is 68.1 cm³/mol. The van der Waals surface area contributed by atoms with Gasteiger partial charge in [-0.05, 0) is 24.1 Å². The summed E-state index contributed by atoms with van der Waals surface area (Å²) in [5.41, 5.74) is 0.639. The lowest BCUT2D eigenvalue weighted by Crippen LogP contribution is -2.39. The molecule has 19 heavy (non-hydrogen) atoms. The van der Waals surface area contributed by atoms with Crippen molar-refractivity contribution in [3.63, 3.8) is 0 Å². The molecule has 0 saturated carbocycles. The van der Waals surface area contributed by atoms with Gasteiger partial charge in [0.25, 0.3) is 0 Å². The van der Waals surface area contributed by atoms with Crippen LogP contribution < -0.4 is 10.6 Å². The first-order valence-corrected chi connectivity index (χ1v) is 6.02. The number of carboxylic acid groups (broad SMARTS) is 1. The molecule has 104 valence electrons. The van der Waals surface area contributed by atoms with Crippen molar-refractivity contribution in [2.24, 2.45) is 5.92 Å². The van der Waals surface area contributed by atoms with Gasteiger partial charge in [0, 0.05) is 13.1 Å². The smallest absolute Gasteiger partial charge is 0.315 e. The second-order valence-corrected chi connectivity index (χ2v) is 4.14. The summed E-state index contributed by atoms with van der Waals surface area (Å²) in [5.74, 6) is -1.90. The molecule has 0 aliphatic heterocycles. The van der Waals surface area contributed by atoms with Crippen LogP contribution in [0.2, 0.25) is 0 Å². The Kier molecular flexibility index (Phi) is 5.78. The van der Waals surface area contributed by atoms with Crippen LogP contribution >= 0.6 is 0 Å². The van der Waals surface area contributed by atoms with Crippen molar-refractivity contribution in [1.29, 1.82) is 0 Å². The average Bonchev–Trinajstić information content (AvgIpc) is 2.37. The van der Waals surface area contributed by atoms with Crippen molar-refractivity contribution in [3.05, 3.63) is 35.6 Å². The number of amides is 2. The second-order valence-electron chi connectivity index (χ2n) is 4.14. The Morgan fingerprint density at radius 2 is 2.11 bits per heavy atom. The lowest BCUT2D eigenvalue weighted by atomic mass is 10.1. The maximum absolute atomic E-state index is 12.9. The number of aliphatic carboxylic acids is 1.